The van der Waals surface area contributed by atoms with Crippen molar-refractivity contribution in [1.82, 2.24) is 9.97 Å². The fourth-order valence-corrected chi connectivity index (χ4v) is 3.61. The predicted molar refractivity (Wildman–Crippen MR) is 90.7 cm³/mol. The third-order valence-corrected chi connectivity index (χ3v) is 4.81. The molecule has 4 aromatic rings. The Morgan fingerprint density at radius 2 is 2.12 bits per heavy atom. The minimum atomic E-state index is -0.137. The van der Waals surface area contributed by atoms with E-state index in [1.807, 2.05) is 23.6 Å². The second-order valence-electron chi connectivity index (χ2n) is 5.56. The van der Waals surface area contributed by atoms with E-state index in [0.29, 0.717) is 23.5 Å². The lowest BCUT2D eigenvalue weighted by atomic mass is 10.2. The van der Waals surface area contributed by atoms with Crippen molar-refractivity contribution in [3.8, 4) is 11.3 Å². The number of nitrogens with one attached hydrogen (secondary N) is 1. The van der Waals surface area contributed by atoms with E-state index < -0.39 is 0 Å². The normalized spacial score (nSPS) is 12.7. The minimum Gasteiger partial charge on any atom is -0.464 e. The van der Waals surface area contributed by atoms with E-state index in [0.717, 1.165) is 16.2 Å². The monoisotopic (exact) mass is 342 g/mol. The lowest BCUT2D eigenvalue weighted by molar-refractivity contribution is -0.710. The molecule has 0 saturated heterocycles. The molecular weight excluding hydrogens is 326 g/mol. The van der Waals surface area contributed by atoms with E-state index >= 15 is 0 Å². The number of quaternary nitrogens is 1. The Hall–Kier alpha value is -2.64. The molecule has 6 nitrogen and oxygen atoms in total. The molecule has 7 heteroatoms. The van der Waals surface area contributed by atoms with Gasteiger partial charge >= 0.3 is 0 Å². The van der Waals surface area contributed by atoms with Crippen LogP contribution in [0.3, 0.4) is 0 Å². The van der Waals surface area contributed by atoms with Gasteiger partial charge in [0.1, 0.15) is 23.2 Å². The van der Waals surface area contributed by atoms with Crippen LogP contribution in [0.4, 0.5) is 0 Å². The van der Waals surface area contributed by atoms with Crippen molar-refractivity contribution in [2.24, 2.45) is 0 Å². The predicted octanol–water partition coefficient (Wildman–Crippen LogP) is 2.66. The first-order valence-corrected chi connectivity index (χ1v) is 8.51. The lowest BCUT2D eigenvalue weighted by Gasteiger charge is -2.07. The van der Waals surface area contributed by atoms with Gasteiger partial charge in [0.05, 0.1) is 17.9 Å². The van der Waals surface area contributed by atoms with Crippen molar-refractivity contribution in [1.29, 1.82) is 0 Å². The van der Waals surface area contributed by atoms with E-state index in [4.69, 9.17) is 8.83 Å². The Balaban J connectivity index is 1.61. The molecule has 0 fully saturated rings. The molecule has 0 aromatic carbocycles. The number of nitrogens with two attached hydrogens (primary N) is 1. The summed E-state index contributed by atoms with van der Waals surface area (Å²) in [5.74, 6) is 2.23. The standard InChI is InChI=1S/C17H15N3O3S/c1-10(12-4-2-6-22-12)18-8-14-19-16(21)15-11(9-24-17(15)20-14)13-5-3-7-23-13/h2-7,9-10,18H,8H2,1H3,(H,19,20,21)/p+1/t10-/m1/s1. The smallest absolute Gasteiger partial charge is 0.260 e. The van der Waals surface area contributed by atoms with Crippen molar-refractivity contribution in [3.05, 3.63) is 64.1 Å². The summed E-state index contributed by atoms with van der Waals surface area (Å²) in [6.07, 6.45) is 3.26. The van der Waals surface area contributed by atoms with Crippen LogP contribution in [-0.4, -0.2) is 9.97 Å². The average Bonchev–Trinajstić information content (AvgIpc) is 3.31. The van der Waals surface area contributed by atoms with Crippen molar-refractivity contribution in [3.63, 3.8) is 0 Å². The highest BCUT2D eigenvalue weighted by molar-refractivity contribution is 7.17. The zero-order chi connectivity index (χ0) is 16.5. The van der Waals surface area contributed by atoms with Gasteiger partial charge in [0.2, 0.25) is 0 Å². The van der Waals surface area contributed by atoms with E-state index in [9.17, 15) is 4.79 Å². The number of thiophene rings is 1. The van der Waals surface area contributed by atoms with E-state index in [1.165, 1.54) is 11.3 Å². The first kappa shape index (κ1) is 14.9. The summed E-state index contributed by atoms with van der Waals surface area (Å²) >= 11 is 1.45. The maximum Gasteiger partial charge on any atom is 0.260 e. The van der Waals surface area contributed by atoms with Crippen molar-refractivity contribution in [2.75, 3.05) is 0 Å². The Labute approximate surface area is 141 Å². The molecule has 0 unspecified atom stereocenters. The van der Waals surface area contributed by atoms with Crippen LogP contribution < -0.4 is 10.9 Å². The van der Waals surface area contributed by atoms with Crippen LogP contribution >= 0.6 is 11.3 Å². The van der Waals surface area contributed by atoms with Gasteiger partial charge in [-0.15, -0.1) is 11.3 Å². The van der Waals surface area contributed by atoms with E-state index in [1.54, 1.807) is 18.6 Å². The Bertz CT molecular complexity index is 1000. The third kappa shape index (κ3) is 2.68. The third-order valence-electron chi connectivity index (χ3n) is 3.94. The molecule has 1 atom stereocenters. The highest BCUT2D eigenvalue weighted by atomic mass is 32.1. The van der Waals surface area contributed by atoms with Gasteiger partial charge in [0, 0.05) is 10.9 Å². The van der Waals surface area contributed by atoms with Crippen LogP contribution in [0, 0.1) is 0 Å². The van der Waals surface area contributed by atoms with Crippen LogP contribution in [0.15, 0.2) is 55.8 Å². The summed E-state index contributed by atoms with van der Waals surface area (Å²) in [5, 5.41) is 4.56. The van der Waals surface area contributed by atoms with E-state index in [-0.39, 0.29) is 11.6 Å². The second-order valence-corrected chi connectivity index (χ2v) is 6.42. The quantitative estimate of drug-likeness (QED) is 0.583. The molecule has 4 aromatic heterocycles. The Morgan fingerprint density at radius 3 is 2.88 bits per heavy atom. The number of furan rings is 2. The van der Waals surface area contributed by atoms with Crippen LogP contribution in [0.1, 0.15) is 24.6 Å². The molecule has 0 radical (unpaired) electrons. The summed E-state index contributed by atoms with van der Waals surface area (Å²) in [5.41, 5.74) is 0.648. The van der Waals surface area contributed by atoms with Crippen molar-refractivity contribution < 1.29 is 14.2 Å². The van der Waals surface area contributed by atoms with Gasteiger partial charge in [-0.05, 0) is 31.2 Å². The van der Waals surface area contributed by atoms with Gasteiger partial charge in [-0.3, -0.25) is 4.79 Å². The van der Waals surface area contributed by atoms with Gasteiger partial charge in [-0.2, -0.15) is 0 Å². The van der Waals surface area contributed by atoms with Gasteiger partial charge < -0.3 is 19.1 Å². The van der Waals surface area contributed by atoms with Gasteiger partial charge in [-0.25, -0.2) is 4.98 Å². The Morgan fingerprint density at radius 1 is 1.29 bits per heavy atom. The first-order valence-electron chi connectivity index (χ1n) is 7.63. The molecule has 0 spiro atoms. The molecule has 4 rings (SSSR count). The van der Waals surface area contributed by atoms with Crippen LogP contribution in [0.5, 0.6) is 0 Å². The maximum absolute atomic E-state index is 12.5. The SMILES string of the molecule is C[C@@H]([NH2+]Cc1nc2scc(-c3ccco3)c2c(=O)[nH]1)c1ccco1. The fraction of sp³-hybridized carbons (Fsp3) is 0.176. The number of hydrogen-bond acceptors (Lipinski definition) is 5. The molecule has 0 amide bonds. The summed E-state index contributed by atoms with van der Waals surface area (Å²) in [6, 6.07) is 7.61. The van der Waals surface area contributed by atoms with Crippen molar-refractivity contribution >= 4 is 21.6 Å². The number of fused-ring (bicyclic) bond motifs is 1. The molecular formula is C17H16N3O3S+. The van der Waals surface area contributed by atoms with Crippen molar-refractivity contribution in [2.45, 2.75) is 19.5 Å². The molecule has 122 valence electrons. The lowest BCUT2D eigenvalue weighted by Crippen LogP contribution is -2.83. The number of nitrogens with zero attached hydrogens (tertiary/aromatic N) is 1. The average molecular weight is 342 g/mol. The molecule has 0 aliphatic rings. The molecule has 0 saturated carbocycles. The maximum atomic E-state index is 12.5. The summed E-state index contributed by atoms with van der Waals surface area (Å²) in [4.78, 5) is 20.7. The number of rotatable bonds is 5. The van der Waals surface area contributed by atoms with Crippen LogP contribution in [0.25, 0.3) is 21.5 Å². The molecule has 0 aliphatic heterocycles. The summed E-state index contributed by atoms with van der Waals surface area (Å²) in [6.45, 7) is 2.62. The molecule has 0 bridgehead atoms. The van der Waals surface area contributed by atoms with Gasteiger partial charge in [0.25, 0.3) is 5.56 Å². The van der Waals surface area contributed by atoms with Crippen LogP contribution in [-0.2, 0) is 6.54 Å². The zero-order valence-electron chi connectivity index (χ0n) is 13.0. The number of aromatic amines is 1. The first-order chi connectivity index (χ1) is 11.7. The number of aromatic nitrogens is 2. The topological polar surface area (TPSA) is 88.6 Å². The second kappa shape index (κ2) is 6.10. The van der Waals surface area contributed by atoms with Gasteiger partial charge in [0.15, 0.2) is 11.6 Å². The summed E-state index contributed by atoms with van der Waals surface area (Å²) in [7, 11) is 0. The number of hydrogen-bond donors (Lipinski definition) is 2. The Kier molecular flexibility index (Phi) is 3.79. The van der Waals surface area contributed by atoms with Gasteiger partial charge in [-0.1, -0.05) is 0 Å². The van der Waals surface area contributed by atoms with E-state index in [2.05, 4.69) is 22.2 Å². The highest BCUT2D eigenvalue weighted by Gasteiger charge is 2.16. The molecule has 4 heterocycles. The number of H-pyrrole nitrogens is 1. The molecule has 0 aliphatic carbocycles. The minimum absolute atomic E-state index is 0.137. The largest absolute Gasteiger partial charge is 0.464 e. The fourth-order valence-electron chi connectivity index (χ4n) is 2.66. The summed E-state index contributed by atoms with van der Waals surface area (Å²) < 4.78 is 10.8. The zero-order valence-corrected chi connectivity index (χ0v) is 13.8. The highest BCUT2D eigenvalue weighted by Crippen LogP contribution is 2.30. The molecule has 3 N–H and O–H groups in total. The molecule has 24 heavy (non-hydrogen) atoms. The van der Waals surface area contributed by atoms with Crippen LogP contribution in [0.2, 0.25) is 0 Å².